The van der Waals surface area contributed by atoms with E-state index in [9.17, 15) is 18.4 Å². The van der Waals surface area contributed by atoms with Gasteiger partial charge in [0.15, 0.2) is 11.5 Å². The number of nitrogens with zero attached hydrogens (tertiary/aromatic N) is 4. The molecule has 6 rings (SSSR count). The number of anilines is 1. The molecule has 1 N–H and O–H groups in total. The van der Waals surface area contributed by atoms with Crippen LogP contribution in [0.25, 0.3) is 5.69 Å². The number of hydrogen-bond donors (Lipinski definition) is 1. The number of pyridine rings is 1. The molecular weight excluding hydrogens is 538 g/mol. The molecule has 1 aliphatic heterocycles. The average Bonchev–Trinajstić information content (AvgIpc) is 3.47. The van der Waals surface area contributed by atoms with Crippen molar-refractivity contribution in [3.05, 3.63) is 89.0 Å². The number of carbonyl (C=O) groups is 2. The first kappa shape index (κ1) is 26.2. The number of alkyl halides is 2. The summed E-state index contributed by atoms with van der Waals surface area (Å²) in [5, 5.41) is 13.9. The van der Waals surface area contributed by atoms with Gasteiger partial charge in [-0.15, -0.1) is 8.78 Å². The summed E-state index contributed by atoms with van der Waals surface area (Å²) in [5.41, 5.74) is 4.04. The molecule has 0 fully saturated rings. The van der Waals surface area contributed by atoms with Gasteiger partial charge in [-0.2, -0.15) is 5.10 Å². The second kappa shape index (κ2) is 9.88. The van der Waals surface area contributed by atoms with Gasteiger partial charge in [0.25, 0.3) is 5.91 Å². The third kappa shape index (κ3) is 4.92. The molecule has 0 unspecified atom stereocenters. The molecule has 0 saturated heterocycles. The van der Waals surface area contributed by atoms with Gasteiger partial charge >= 0.3 is 12.3 Å². The Morgan fingerprint density at radius 3 is 2.68 bits per heavy atom. The first-order chi connectivity index (χ1) is 19.6. The van der Waals surface area contributed by atoms with Crippen LogP contribution < -0.4 is 19.1 Å². The van der Waals surface area contributed by atoms with Crippen molar-refractivity contribution in [1.82, 2.24) is 14.8 Å². The van der Waals surface area contributed by atoms with E-state index < -0.39 is 12.3 Å². The first-order valence-electron chi connectivity index (χ1n) is 12.8. The van der Waals surface area contributed by atoms with Crippen LogP contribution in [0.3, 0.4) is 0 Å². The maximum Gasteiger partial charge on any atom is 0.586 e. The molecule has 2 aliphatic rings. The molecule has 0 radical (unpaired) electrons. The van der Waals surface area contributed by atoms with Gasteiger partial charge in [-0.1, -0.05) is 6.07 Å². The van der Waals surface area contributed by atoms with Crippen LogP contribution in [0.2, 0.25) is 0 Å². The highest BCUT2D eigenvalue weighted by molar-refractivity contribution is 6.06. The molecule has 0 spiro atoms. The molecule has 0 saturated carbocycles. The van der Waals surface area contributed by atoms with E-state index in [1.165, 1.54) is 42.4 Å². The Bertz CT molecular complexity index is 1670. The van der Waals surface area contributed by atoms with Gasteiger partial charge in [0.2, 0.25) is 0 Å². The largest absolute Gasteiger partial charge is 0.586 e. The lowest BCUT2D eigenvalue weighted by Crippen LogP contribution is -2.26. The fraction of sp³-hybridized carbons (Fsp3) is 0.241. The zero-order chi connectivity index (χ0) is 28.9. The Labute approximate surface area is 232 Å². The van der Waals surface area contributed by atoms with Crippen molar-refractivity contribution in [2.45, 2.75) is 38.6 Å². The molecular formula is C29H24F2N4O6. The van der Waals surface area contributed by atoms with Crippen molar-refractivity contribution in [3.63, 3.8) is 0 Å². The van der Waals surface area contributed by atoms with Crippen molar-refractivity contribution in [2.75, 3.05) is 11.9 Å². The molecule has 10 nitrogen and oxygen atoms in total. The van der Waals surface area contributed by atoms with Crippen LogP contribution in [0.4, 0.5) is 14.5 Å². The van der Waals surface area contributed by atoms with Crippen LogP contribution in [-0.4, -0.2) is 45.1 Å². The molecule has 41 heavy (non-hydrogen) atoms. The SMILES string of the molecule is Cc1nn(-c2cccc(C(=O)N(C)c3ccc4c(c3)OC(F)(F)O4)c2)c2c1CCC[C@H]2Oc1ccc(C(=O)O)nc1. The predicted molar refractivity (Wildman–Crippen MR) is 141 cm³/mol. The number of aromatic carboxylic acids is 1. The van der Waals surface area contributed by atoms with E-state index >= 15 is 0 Å². The number of fused-ring (bicyclic) bond motifs is 2. The van der Waals surface area contributed by atoms with Crippen LogP contribution in [0.15, 0.2) is 60.8 Å². The minimum Gasteiger partial charge on any atom is -0.482 e. The molecule has 1 aliphatic carbocycles. The van der Waals surface area contributed by atoms with Crippen molar-refractivity contribution < 1.29 is 37.7 Å². The molecule has 2 aromatic carbocycles. The number of carbonyl (C=O) groups excluding carboxylic acids is 1. The standard InChI is InChI=1S/C29H24F2N4O6/c1-16-21-7-4-8-24(39-20-10-11-22(28(37)38)32-15-20)26(21)35(33-16)19-6-3-5-17(13-19)27(36)34(2)18-9-12-23-25(14-18)41-29(30,31)40-23/h3,5-6,9-15,24H,4,7-8H2,1-2H3,(H,37,38)/t24-/m1/s1. The summed E-state index contributed by atoms with van der Waals surface area (Å²) in [4.78, 5) is 29.9. The summed E-state index contributed by atoms with van der Waals surface area (Å²) in [5.74, 6) is -1.31. The highest BCUT2D eigenvalue weighted by Crippen LogP contribution is 2.43. The molecule has 3 heterocycles. The summed E-state index contributed by atoms with van der Waals surface area (Å²) in [6.07, 6.45) is -0.316. The number of hydrogen-bond acceptors (Lipinski definition) is 7. The van der Waals surface area contributed by atoms with E-state index in [-0.39, 0.29) is 29.2 Å². The zero-order valence-electron chi connectivity index (χ0n) is 22.0. The number of ether oxygens (including phenoxy) is 3. The van der Waals surface area contributed by atoms with Crippen LogP contribution >= 0.6 is 0 Å². The summed E-state index contributed by atoms with van der Waals surface area (Å²) >= 11 is 0. The molecule has 1 amide bonds. The first-order valence-corrected chi connectivity index (χ1v) is 12.8. The number of aromatic nitrogens is 3. The highest BCUT2D eigenvalue weighted by atomic mass is 19.3. The fourth-order valence-corrected chi connectivity index (χ4v) is 5.10. The van der Waals surface area contributed by atoms with Crippen LogP contribution in [0.1, 0.15) is 56.7 Å². The lowest BCUT2D eigenvalue weighted by molar-refractivity contribution is -0.286. The Balaban J connectivity index is 1.29. The smallest absolute Gasteiger partial charge is 0.482 e. The van der Waals surface area contributed by atoms with E-state index in [0.29, 0.717) is 29.1 Å². The van der Waals surface area contributed by atoms with Gasteiger partial charge in [-0.25, -0.2) is 14.5 Å². The summed E-state index contributed by atoms with van der Waals surface area (Å²) < 4.78 is 43.9. The molecule has 4 aromatic rings. The number of carboxylic acid groups (broad SMARTS) is 1. The van der Waals surface area contributed by atoms with Gasteiger partial charge in [-0.3, -0.25) is 4.79 Å². The summed E-state index contributed by atoms with van der Waals surface area (Å²) in [7, 11) is 1.54. The van der Waals surface area contributed by atoms with Gasteiger partial charge in [0, 0.05) is 29.9 Å². The maximum atomic E-state index is 13.4. The molecule has 210 valence electrons. The zero-order valence-corrected chi connectivity index (χ0v) is 22.0. The van der Waals surface area contributed by atoms with Gasteiger partial charge in [-0.05, 0) is 68.7 Å². The van der Waals surface area contributed by atoms with Gasteiger partial charge in [0.1, 0.15) is 17.5 Å². The van der Waals surface area contributed by atoms with E-state index in [0.717, 1.165) is 29.8 Å². The lowest BCUT2D eigenvalue weighted by atomic mass is 9.93. The maximum absolute atomic E-state index is 13.4. The van der Waals surface area contributed by atoms with E-state index in [2.05, 4.69) is 14.5 Å². The van der Waals surface area contributed by atoms with E-state index in [4.69, 9.17) is 14.9 Å². The number of halogens is 2. The Morgan fingerprint density at radius 2 is 1.93 bits per heavy atom. The number of benzene rings is 2. The summed E-state index contributed by atoms with van der Waals surface area (Å²) in [6, 6.07) is 14.1. The normalized spacial score (nSPS) is 16.6. The molecule has 2 aromatic heterocycles. The Morgan fingerprint density at radius 1 is 1.12 bits per heavy atom. The quantitative estimate of drug-likeness (QED) is 0.335. The molecule has 12 heteroatoms. The average molecular weight is 563 g/mol. The van der Waals surface area contributed by atoms with E-state index in [1.54, 1.807) is 28.9 Å². The third-order valence-corrected chi connectivity index (χ3v) is 7.07. The Hall–Kier alpha value is -5.00. The number of carboxylic acids is 1. The van der Waals surface area contributed by atoms with Crippen molar-refractivity contribution in [1.29, 1.82) is 0 Å². The fourth-order valence-electron chi connectivity index (χ4n) is 5.10. The third-order valence-electron chi connectivity index (χ3n) is 7.07. The summed E-state index contributed by atoms with van der Waals surface area (Å²) in [6.45, 7) is 1.92. The Kier molecular flexibility index (Phi) is 6.32. The van der Waals surface area contributed by atoms with Crippen LogP contribution in [0, 0.1) is 6.92 Å². The topological polar surface area (TPSA) is 116 Å². The van der Waals surface area contributed by atoms with Crippen molar-refractivity contribution in [3.8, 4) is 22.9 Å². The molecule has 0 bridgehead atoms. The van der Waals surface area contributed by atoms with Crippen LogP contribution in [0.5, 0.6) is 17.2 Å². The van der Waals surface area contributed by atoms with Crippen molar-refractivity contribution in [2.24, 2.45) is 0 Å². The van der Waals surface area contributed by atoms with Crippen molar-refractivity contribution >= 4 is 17.6 Å². The minimum absolute atomic E-state index is 0.0762. The predicted octanol–water partition coefficient (Wildman–Crippen LogP) is 5.33. The number of aryl methyl sites for hydroxylation is 1. The highest BCUT2D eigenvalue weighted by Gasteiger charge is 2.43. The van der Waals surface area contributed by atoms with Gasteiger partial charge in [0.05, 0.1) is 23.3 Å². The second-order valence-electron chi connectivity index (χ2n) is 9.76. The van der Waals surface area contributed by atoms with Crippen LogP contribution in [-0.2, 0) is 6.42 Å². The van der Waals surface area contributed by atoms with E-state index in [1.807, 2.05) is 13.0 Å². The monoisotopic (exact) mass is 562 g/mol. The number of rotatable bonds is 6. The molecule has 1 atom stereocenters. The minimum atomic E-state index is -3.75. The second-order valence-corrected chi connectivity index (χ2v) is 9.76. The van der Waals surface area contributed by atoms with Gasteiger partial charge < -0.3 is 24.2 Å². The lowest BCUT2D eigenvalue weighted by Gasteiger charge is -2.25. The number of amides is 1.